The topological polar surface area (TPSA) is 71.3 Å². The minimum Gasteiger partial charge on any atom is -0.493 e. The Hall–Kier alpha value is -2.88. The SMILES string of the molecule is COc1cc(/C=C(\C#N)c2ccc(Cl)cc2)cc(Cl)c1OCC(=O)Nc1ccc(Cl)c(Cl)c1. The molecular weight excluding hydrogens is 506 g/mol. The van der Waals surface area contributed by atoms with Crippen molar-refractivity contribution in [3.05, 3.63) is 85.8 Å². The number of anilines is 1. The monoisotopic (exact) mass is 520 g/mol. The van der Waals surface area contributed by atoms with E-state index >= 15 is 0 Å². The van der Waals surface area contributed by atoms with Crippen LogP contribution in [0.3, 0.4) is 0 Å². The van der Waals surface area contributed by atoms with Gasteiger partial charge in [-0.25, -0.2) is 0 Å². The zero-order valence-corrected chi connectivity index (χ0v) is 20.2. The number of rotatable bonds is 7. The van der Waals surface area contributed by atoms with Crippen molar-refractivity contribution in [2.75, 3.05) is 19.0 Å². The predicted octanol–water partition coefficient (Wildman–Crippen LogP) is 7.39. The van der Waals surface area contributed by atoms with Crippen molar-refractivity contribution in [2.24, 2.45) is 0 Å². The third-order valence-electron chi connectivity index (χ3n) is 4.39. The van der Waals surface area contributed by atoms with E-state index in [1.54, 1.807) is 54.6 Å². The molecule has 1 N–H and O–H groups in total. The number of halogens is 4. The number of nitrogens with zero attached hydrogens (tertiary/aromatic N) is 1. The molecule has 0 bridgehead atoms. The molecule has 3 aromatic carbocycles. The number of hydrogen-bond acceptors (Lipinski definition) is 4. The Morgan fingerprint density at radius 3 is 2.36 bits per heavy atom. The fourth-order valence-corrected chi connectivity index (χ4v) is 3.55. The molecule has 0 radical (unpaired) electrons. The van der Waals surface area contributed by atoms with Gasteiger partial charge in [0.15, 0.2) is 18.1 Å². The first-order valence-corrected chi connectivity index (χ1v) is 10.9. The smallest absolute Gasteiger partial charge is 0.262 e. The molecule has 0 aliphatic rings. The Kier molecular flexibility index (Phi) is 8.49. The highest BCUT2D eigenvalue weighted by molar-refractivity contribution is 6.42. The lowest BCUT2D eigenvalue weighted by molar-refractivity contribution is -0.118. The van der Waals surface area contributed by atoms with E-state index in [9.17, 15) is 10.1 Å². The van der Waals surface area contributed by atoms with Crippen LogP contribution in [0.4, 0.5) is 5.69 Å². The van der Waals surface area contributed by atoms with Crippen LogP contribution in [-0.4, -0.2) is 19.6 Å². The first-order chi connectivity index (χ1) is 15.8. The van der Waals surface area contributed by atoms with Crippen molar-refractivity contribution in [3.8, 4) is 17.6 Å². The van der Waals surface area contributed by atoms with E-state index in [1.165, 1.54) is 13.2 Å². The molecule has 0 aromatic heterocycles. The molecule has 0 heterocycles. The molecule has 5 nitrogen and oxygen atoms in total. The molecule has 3 aromatic rings. The second kappa shape index (κ2) is 11.3. The second-order valence-corrected chi connectivity index (χ2v) is 8.33. The summed E-state index contributed by atoms with van der Waals surface area (Å²) in [5.41, 5.74) is 2.22. The highest BCUT2D eigenvalue weighted by Gasteiger charge is 2.14. The molecule has 0 fully saturated rings. The van der Waals surface area contributed by atoms with E-state index in [1.807, 2.05) is 0 Å². The predicted molar refractivity (Wildman–Crippen MR) is 134 cm³/mol. The summed E-state index contributed by atoms with van der Waals surface area (Å²) in [5, 5.41) is 13.7. The average Bonchev–Trinajstić information content (AvgIpc) is 2.79. The molecule has 3 rings (SSSR count). The van der Waals surface area contributed by atoms with Crippen molar-refractivity contribution in [1.29, 1.82) is 5.26 Å². The Labute approximate surface area is 211 Å². The van der Waals surface area contributed by atoms with Gasteiger partial charge in [-0.15, -0.1) is 0 Å². The summed E-state index contributed by atoms with van der Waals surface area (Å²) in [6.07, 6.45) is 1.67. The first-order valence-electron chi connectivity index (χ1n) is 9.43. The molecule has 0 saturated heterocycles. The van der Waals surface area contributed by atoms with Crippen molar-refractivity contribution in [3.63, 3.8) is 0 Å². The minimum absolute atomic E-state index is 0.200. The maximum Gasteiger partial charge on any atom is 0.262 e. The van der Waals surface area contributed by atoms with E-state index in [0.29, 0.717) is 43.2 Å². The van der Waals surface area contributed by atoms with Crippen LogP contribution < -0.4 is 14.8 Å². The number of methoxy groups -OCH3 is 1. The molecule has 0 unspecified atom stereocenters. The number of nitriles is 1. The summed E-state index contributed by atoms with van der Waals surface area (Å²) in [7, 11) is 1.45. The van der Waals surface area contributed by atoms with Gasteiger partial charge in [-0.05, 0) is 59.7 Å². The number of nitrogens with one attached hydrogen (secondary N) is 1. The van der Waals surface area contributed by atoms with Crippen LogP contribution in [0, 0.1) is 11.3 Å². The molecule has 1 amide bonds. The van der Waals surface area contributed by atoms with Gasteiger partial charge in [0.2, 0.25) is 0 Å². The highest BCUT2D eigenvalue weighted by atomic mass is 35.5. The summed E-state index contributed by atoms with van der Waals surface area (Å²) in [4.78, 5) is 12.3. The van der Waals surface area contributed by atoms with Crippen LogP contribution in [0.5, 0.6) is 11.5 Å². The van der Waals surface area contributed by atoms with Crippen molar-refractivity contribution in [1.82, 2.24) is 0 Å². The molecule has 33 heavy (non-hydrogen) atoms. The van der Waals surface area contributed by atoms with E-state index in [-0.39, 0.29) is 17.4 Å². The number of benzene rings is 3. The fourth-order valence-electron chi connectivity index (χ4n) is 2.85. The van der Waals surface area contributed by atoms with Crippen molar-refractivity contribution < 1.29 is 14.3 Å². The summed E-state index contributed by atoms with van der Waals surface area (Å²) in [6, 6.07) is 17.1. The highest BCUT2D eigenvalue weighted by Crippen LogP contribution is 2.37. The van der Waals surface area contributed by atoms with E-state index in [4.69, 9.17) is 55.9 Å². The molecule has 168 valence electrons. The van der Waals surface area contributed by atoms with Gasteiger partial charge in [-0.1, -0.05) is 58.5 Å². The van der Waals surface area contributed by atoms with Gasteiger partial charge in [0.05, 0.1) is 33.8 Å². The summed E-state index contributed by atoms with van der Waals surface area (Å²) < 4.78 is 11.0. The van der Waals surface area contributed by atoms with Gasteiger partial charge in [0.25, 0.3) is 5.91 Å². The number of ether oxygens (including phenoxy) is 2. The Bertz CT molecular complexity index is 1250. The van der Waals surface area contributed by atoms with Crippen molar-refractivity contribution in [2.45, 2.75) is 0 Å². The Morgan fingerprint density at radius 1 is 1.00 bits per heavy atom. The normalized spacial score (nSPS) is 11.0. The first kappa shape index (κ1) is 24.8. The number of hydrogen-bond donors (Lipinski definition) is 1. The quantitative estimate of drug-likeness (QED) is 0.260. The van der Waals surface area contributed by atoms with Crippen LogP contribution in [0.15, 0.2) is 54.6 Å². The zero-order chi connectivity index (χ0) is 24.0. The molecule has 0 saturated carbocycles. The second-order valence-electron chi connectivity index (χ2n) is 6.68. The molecule has 0 aliphatic carbocycles. The van der Waals surface area contributed by atoms with Crippen LogP contribution >= 0.6 is 46.4 Å². The van der Waals surface area contributed by atoms with Gasteiger partial charge >= 0.3 is 0 Å². The van der Waals surface area contributed by atoms with Gasteiger partial charge in [-0.2, -0.15) is 5.26 Å². The average molecular weight is 522 g/mol. The minimum atomic E-state index is -0.426. The Balaban J connectivity index is 1.77. The summed E-state index contributed by atoms with van der Waals surface area (Å²) in [6.45, 7) is -0.320. The van der Waals surface area contributed by atoms with Gasteiger partial charge in [0, 0.05) is 10.7 Å². The number of amides is 1. The largest absolute Gasteiger partial charge is 0.493 e. The molecule has 0 spiro atoms. The maximum absolute atomic E-state index is 12.3. The van der Waals surface area contributed by atoms with Crippen LogP contribution in [0.1, 0.15) is 11.1 Å². The van der Waals surface area contributed by atoms with Crippen LogP contribution in [-0.2, 0) is 4.79 Å². The van der Waals surface area contributed by atoms with Gasteiger partial charge < -0.3 is 14.8 Å². The molecule has 0 aliphatic heterocycles. The van der Waals surface area contributed by atoms with Gasteiger partial charge in [0.1, 0.15) is 0 Å². The van der Waals surface area contributed by atoms with E-state index in [0.717, 1.165) is 0 Å². The third-order valence-corrected chi connectivity index (χ3v) is 5.66. The summed E-state index contributed by atoms with van der Waals surface area (Å²) >= 11 is 24.1. The molecule has 9 heteroatoms. The maximum atomic E-state index is 12.3. The lowest BCUT2D eigenvalue weighted by atomic mass is 10.0. The van der Waals surface area contributed by atoms with Crippen LogP contribution in [0.25, 0.3) is 11.6 Å². The lowest BCUT2D eigenvalue weighted by Gasteiger charge is -2.14. The lowest BCUT2D eigenvalue weighted by Crippen LogP contribution is -2.20. The van der Waals surface area contributed by atoms with Crippen molar-refractivity contribution >= 4 is 69.6 Å². The standard InChI is InChI=1S/C24H16Cl4N2O3/c1-32-22-10-14(8-16(12-29)15-2-4-17(25)5-3-15)9-21(28)24(22)33-13-23(31)30-18-6-7-19(26)20(27)11-18/h2-11H,13H2,1H3,(H,30,31)/b16-8+. The molecular formula is C24H16Cl4N2O3. The summed E-state index contributed by atoms with van der Waals surface area (Å²) in [5.74, 6) is 0.0834. The zero-order valence-electron chi connectivity index (χ0n) is 17.2. The molecule has 0 atom stereocenters. The third kappa shape index (κ3) is 6.56. The number of carbonyl (C=O) groups is 1. The van der Waals surface area contributed by atoms with Gasteiger partial charge in [-0.3, -0.25) is 4.79 Å². The number of allylic oxidation sites excluding steroid dienone is 1. The fraction of sp³-hybridized carbons (Fsp3) is 0.0833. The van der Waals surface area contributed by atoms with E-state index < -0.39 is 5.91 Å². The Morgan fingerprint density at radius 2 is 1.73 bits per heavy atom. The van der Waals surface area contributed by atoms with Crippen LogP contribution in [0.2, 0.25) is 20.1 Å². The number of carbonyl (C=O) groups excluding carboxylic acids is 1. The van der Waals surface area contributed by atoms with E-state index in [2.05, 4.69) is 11.4 Å².